The average molecular weight is 327 g/mol. The van der Waals surface area contributed by atoms with Gasteiger partial charge in [0, 0.05) is 13.0 Å². The molecule has 1 aliphatic carbocycles. The molecule has 2 amide bonds. The molecule has 2 aliphatic rings. The van der Waals surface area contributed by atoms with E-state index in [1.807, 2.05) is 35.9 Å². The molecule has 126 valence electrons. The minimum atomic E-state index is -0.592. The van der Waals surface area contributed by atoms with E-state index in [0.29, 0.717) is 6.42 Å². The number of hydrogen-bond acceptors (Lipinski definition) is 4. The van der Waals surface area contributed by atoms with E-state index in [9.17, 15) is 9.90 Å². The summed E-state index contributed by atoms with van der Waals surface area (Å²) in [6.45, 7) is 2.69. The van der Waals surface area contributed by atoms with Crippen molar-refractivity contribution in [2.75, 3.05) is 0 Å². The lowest BCUT2D eigenvalue weighted by Crippen LogP contribution is -2.43. The van der Waals surface area contributed by atoms with Gasteiger partial charge < -0.3 is 15.7 Å². The van der Waals surface area contributed by atoms with Crippen LogP contribution in [-0.4, -0.2) is 32.0 Å². The molecule has 1 unspecified atom stereocenters. The van der Waals surface area contributed by atoms with Crippen molar-refractivity contribution in [1.29, 1.82) is 0 Å². The van der Waals surface area contributed by atoms with Crippen LogP contribution in [0.3, 0.4) is 0 Å². The fourth-order valence-electron chi connectivity index (χ4n) is 3.69. The fraction of sp³-hybridized carbons (Fsp3) is 0.471. The highest BCUT2D eigenvalue weighted by molar-refractivity contribution is 5.75. The first kappa shape index (κ1) is 15.1. The molecule has 1 aromatic carbocycles. The second-order valence-electron chi connectivity index (χ2n) is 6.50. The van der Waals surface area contributed by atoms with Gasteiger partial charge in [-0.3, -0.25) is 0 Å². The van der Waals surface area contributed by atoms with Crippen molar-refractivity contribution in [3.8, 4) is 0 Å². The Kier molecular flexibility index (Phi) is 3.72. The second kappa shape index (κ2) is 5.90. The van der Waals surface area contributed by atoms with Crippen molar-refractivity contribution >= 4 is 6.03 Å². The fourth-order valence-corrected chi connectivity index (χ4v) is 3.69. The number of nitrogens with one attached hydrogen (secondary N) is 2. The van der Waals surface area contributed by atoms with Gasteiger partial charge in [-0.2, -0.15) is 5.10 Å². The van der Waals surface area contributed by atoms with E-state index in [1.165, 1.54) is 0 Å². The molecule has 0 saturated carbocycles. The van der Waals surface area contributed by atoms with E-state index in [-0.39, 0.29) is 18.1 Å². The largest absolute Gasteiger partial charge is 0.390 e. The molecule has 1 aromatic heterocycles. The molecule has 3 N–H and O–H groups in total. The summed E-state index contributed by atoms with van der Waals surface area (Å²) in [7, 11) is 0. The molecule has 2 heterocycles. The van der Waals surface area contributed by atoms with Gasteiger partial charge in [-0.1, -0.05) is 24.3 Å². The van der Waals surface area contributed by atoms with Crippen LogP contribution in [0.15, 0.2) is 24.3 Å². The van der Waals surface area contributed by atoms with Gasteiger partial charge >= 0.3 is 6.03 Å². The van der Waals surface area contributed by atoms with Crippen LogP contribution in [0.25, 0.3) is 0 Å². The number of fused-ring (bicyclic) bond motifs is 2. The number of rotatable bonds is 2. The van der Waals surface area contributed by atoms with Gasteiger partial charge in [0.25, 0.3) is 0 Å². The molecular formula is C17H21N5O2. The SMILES string of the molecule is Cc1nc2n(n1)CCCC2NC(=O)N[C@H]1c2ccccc2C[C@H]1O. The first-order valence-corrected chi connectivity index (χ1v) is 8.36. The topological polar surface area (TPSA) is 92.1 Å². The number of carbonyl (C=O) groups excluding carboxylic acids is 1. The summed E-state index contributed by atoms with van der Waals surface area (Å²) < 4.78 is 1.86. The number of amides is 2. The van der Waals surface area contributed by atoms with Crippen molar-refractivity contribution in [2.45, 2.75) is 50.9 Å². The first-order chi connectivity index (χ1) is 11.6. The summed E-state index contributed by atoms with van der Waals surface area (Å²) in [5.41, 5.74) is 2.08. The third kappa shape index (κ3) is 2.65. The van der Waals surface area contributed by atoms with Crippen LogP contribution in [0.1, 0.15) is 47.7 Å². The van der Waals surface area contributed by atoms with Crippen molar-refractivity contribution in [3.05, 3.63) is 47.0 Å². The van der Waals surface area contributed by atoms with Gasteiger partial charge in [0.15, 0.2) is 0 Å². The van der Waals surface area contributed by atoms with Crippen LogP contribution >= 0.6 is 0 Å². The maximum absolute atomic E-state index is 12.4. The zero-order chi connectivity index (χ0) is 16.7. The lowest BCUT2D eigenvalue weighted by molar-refractivity contribution is 0.141. The van der Waals surface area contributed by atoms with Crippen molar-refractivity contribution in [2.24, 2.45) is 0 Å². The molecule has 2 aromatic rings. The van der Waals surface area contributed by atoms with Crippen molar-refractivity contribution in [3.63, 3.8) is 0 Å². The Morgan fingerprint density at radius 3 is 3.04 bits per heavy atom. The number of benzene rings is 1. The maximum Gasteiger partial charge on any atom is 0.315 e. The molecule has 0 bridgehead atoms. The Morgan fingerprint density at radius 2 is 2.17 bits per heavy atom. The quantitative estimate of drug-likeness (QED) is 0.777. The molecule has 0 fully saturated rings. The monoisotopic (exact) mass is 327 g/mol. The Labute approximate surface area is 140 Å². The standard InChI is InChI=1S/C17H21N5O2/c1-10-18-16-13(7-4-8-22(16)21-10)19-17(24)20-15-12-6-3-2-5-11(12)9-14(15)23/h2-3,5-6,13-15,23H,4,7-9H2,1H3,(H2,19,20,24)/t13?,14-,15+/m1/s1. The van der Waals surface area contributed by atoms with Crippen molar-refractivity contribution < 1.29 is 9.90 Å². The van der Waals surface area contributed by atoms with Crippen LogP contribution in [0.5, 0.6) is 0 Å². The Bertz CT molecular complexity index is 772. The third-order valence-electron chi connectivity index (χ3n) is 4.78. The molecule has 4 rings (SSSR count). The van der Waals surface area contributed by atoms with E-state index < -0.39 is 6.10 Å². The second-order valence-corrected chi connectivity index (χ2v) is 6.50. The van der Waals surface area contributed by atoms with Gasteiger partial charge in [-0.15, -0.1) is 0 Å². The number of aliphatic hydroxyl groups is 1. The Hall–Kier alpha value is -2.41. The maximum atomic E-state index is 12.4. The number of carbonyl (C=O) groups is 1. The van der Waals surface area contributed by atoms with Crippen LogP contribution in [0.4, 0.5) is 4.79 Å². The number of nitrogens with zero attached hydrogens (tertiary/aromatic N) is 3. The van der Waals surface area contributed by atoms with Crippen LogP contribution < -0.4 is 10.6 Å². The molecule has 7 heteroatoms. The van der Waals surface area contributed by atoms with Crippen LogP contribution in [0, 0.1) is 6.92 Å². The van der Waals surface area contributed by atoms with Crippen LogP contribution in [0.2, 0.25) is 0 Å². The molecule has 0 saturated heterocycles. The third-order valence-corrected chi connectivity index (χ3v) is 4.78. The summed E-state index contributed by atoms with van der Waals surface area (Å²) in [6.07, 6.45) is 1.77. The van der Waals surface area contributed by atoms with Crippen LogP contribution in [-0.2, 0) is 13.0 Å². The van der Waals surface area contributed by atoms with Gasteiger partial charge in [0.2, 0.25) is 0 Å². The smallest absolute Gasteiger partial charge is 0.315 e. The molecule has 24 heavy (non-hydrogen) atoms. The van der Waals surface area contributed by atoms with E-state index in [1.54, 1.807) is 0 Å². The lowest BCUT2D eigenvalue weighted by Gasteiger charge is -2.25. The predicted molar refractivity (Wildman–Crippen MR) is 87.3 cm³/mol. The van der Waals surface area contributed by atoms with E-state index in [4.69, 9.17) is 0 Å². The first-order valence-electron chi connectivity index (χ1n) is 8.36. The normalized spacial score (nSPS) is 25.0. The zero-order valence-electron chi connectivity index (χ0n) is 13.6. The molecular weight excluding hydrogens is 306 g/mol. The van der Waals surface area contributed by atoms with Gasteiger partial charge in [-0.25, -0.2) is 14.5 Å². The predicted octanol–water partition coefficient (Wildman–Crippen LogP) is 1.38. The number of aliphatic hydroxyl groups excluding tert-OH is 1. The van der Waals surface area contributed by atoms with E-state index in [0.717, 1.165) is 42.2 Å². The molecule has 3 atom stereocenters. The highest BCUT2D eigenvalue weighted by Gasteiger charge is 2.33. The van der Waals surface area contributed by atoms with E-state index in [2.05, 4.69) is 20.7 Å². The van der Waals surface area contributed by atoms with Gasteiger partial charge in [0.1, 0.15) is 11.6 Å². The van der Waals surface area contributed by atoms with E-state index >= 15 is 0 Å². The minimum absolute atomic E-state index is 0.145. The molecule has 1 aliphatic heterocycles. The lowest BCUT2D eigenvalue weighted by atomic mass is 10.1. The summed E-state index contributed by atoms with van der Waals surface area (Å²) in [5, 5.41) is 20.5. The number of urea groups is 1. The average Bonchev–Trinajstić information content (AvgIpc) is 3.08. The molecule has 0 spiro atoms. The number of aromatic nitrogens is 3. The summed E-state index contributed by atoms with van der Waals surface area (Å²) >= 11 is 0. The van der Waals surface area contributed by atoms with Gasteiger partial charge in [-0.05, 0) is 30.9 Å². The molecule has 0 radical (unpaired) electrons. The Morgan fingerprint density at radius 1 is 1.33 bits per heavy atom. The summed E-state index contributed by atoms with van der Waals surface area (Å²) in [6, 6.07) is 7.02. The molecule has 7 nitrogen and oxygen atoms in total. The number of hydrogen-bond donors (Lipinski definition) is 3. The highest BCUT2D eigenvalue weighted by Crippen LogP contribution is 2.31. The summed E-state index contributed by atoms with van der Waals surface area (Å²) in [5.74, 6) is 1.53. The highest BCUT2D eigenvalue weighted by atomic mass is 16.3. The zero-order valence-corrected chi connectivity index (χ0v) is 13.6. The Balaban J connectivity index is 1.46. The van der Waals surface area contributed by atoms with Gasteiger partial charge in [0.05, 0.1) is 18.2 Å². The minimum Gasteiger partial charge on any atom is -0.390 e. The number of aryl methyl sites for hydroxylation is 2. The summed E-state index contributed by atoms with van der Waals surface area (Å²) in [4.78, 5) is 16.9. The van der Waals surface area contributed by atoms with Crippen molar-refractivity contribution in [1.82, 2.24) is 25.4 Å².